The van der Waals surface area contributed by atoms with Crippen LogP contribution in [0.25, 0.3) is 0 Å². The van der Waals surface area contributed by atoms with Gasteiger partial charge in [-0.2, -0.15) is 0 Å². The van der Waals surface area contributed by atoms with E-state index < -0.39 is 23.1 Å². The zero-order valence-corrected chi connectivity index (χ0v) is 9.02. The average Bonchev–Trinajstić information content (AvgIpc) is 2.36. The van der Waals surface area contributed by atoms with Crippen LogP contribution in [0.4, 0.5) is 20.3 Å². The molecule has 0 fully saturated rings. The second-order valence-electron chi connectivity index (χ2n) is 3.37. The first kappa shape index (κ1) is 11.9. The minimum absolute atomic E-state index is 0.0868. The van der Waals surface area contributed by atoms with Crippen LogP contribution >= 0.6 is 0 Å². The summed E-state index contributed by atoms with van der Waals surface area (Å²) in [5.41, 5.74) is 4.22. The fourth-order valence-corrected chi connectivity index (χ4v) is 1.32. The van der Waals surface area contributed by atoms with E-state index in [0.29, 0.717) is 0 Å². The second-order valence-corrected chi connectivity index (χ2v) is 3.37. The number of amides is 1. The van der Waals surface area contributed by atoms with E-state index in [1.807, 2.05) is 0 Å². The first-order valence-electron chi connectivity index (χ1n) is 4.90. The predicted octanol–water partition coefficient (Wildman–Crippen LogP) is 1.59. The summed E-state index contributed by atoms with van der Waals surface area (Å²) in [5.74, 6) is -2.99. The lowest BCUT2D eigenvalue weighted by Crippen LogP contribution is -2.17. The second kappa shape index (κ2) is 4.74. The summed E-state index contributed by atoms with van der Waals surface area (Å²) in [6, 6.07) is 1.97. The lowest BCUT2D eigenvalue weighted by Gasteiger charge is -2.07. The van der Waals surface area contributed by atoms with Crippen LogP contribution in [-0.2, 0) is 0 Å². The normalized spacial score (nSPS) is 10.1. The van der Waals surface area contributed by atoms with Crippen molar-refractivity contribution in [1.29, 1.82) is 0 Å². The molecule has 0 saturated carbocycles. The number of carbonyl (C=O) groups is 1. The molecule has 1 aromatic heterocycles. The van der Waals surface area contributed by atoms with Gasteiger partial charge in [0.2, 0.25) is 0 Å². The van der Waals surface area contributed by atoms with Crippen molar-refractivity contribution in [2.24, 2.45) is 0 Å². The van der Waals surface area contributed by atoms with Crippen LogP contribution in [0.5, 0.6) is 0 Å². The van der Waals surface area contributed by atoms with Crippen LogP contribution in [-0.4, -0.2) is 15.9 Å². The highest BCUT2D eigenvalue weighted by Crippen LogP contribution is 2.19. The number of benzene rings is 1. The fourth-order valence-electron chi connectivity index (χ4n) is 1.32. The van der Waals surface area contributed by atoms with E-state index in [1.165, 1.54) is 18.6 Å². The van der Waals surface area contributed by atoms with Crippen molar-refractivity contribution in [2.45, 2.75) is 0 Å². The number of nitrogens with one attached hydrogen (secondary N) is 1. The Morgan fingerprint density at radius 1 is 1.28 bits per heavy atom. The molecule has 2 aromatic rings. The molecule has 0 aliphatic heterocycles. The Labute approximate surface area is 101 Å². The monoisotopic (exact) mass is 250 g/mol. The van der Waals surface area contributed by atoms with Gasteiger partial charge in [-0.15, -0.1) is 0 Å². The molecule has 0 atom stereocenters. The van der Waals surface area contributed by atoms with Crippen LogP contribution in [0, 0.1) is 11.6 Å². The Hall–Kier alpha value is -2.57. The van der Waals surface area contributed by atoms with Gasteiger partial charge in [-0.25, -0.2) is 13.8 Å². The number of hydrogen-bond acceptors (Lipinski definition) is 4. The lowest BCUT2D eigenvalue weighted by atomic mass is 10.1. The molecule has 1 heterocycles. The first-order chi connectivity index (χ1) is 8.59. The third-order valence-corrected chi connectivity index (χ3v) is 2.15. The van der Waals surface area contributed by atoms with Crippen LogP contribution in [0.1, 0.15) is 10.4 Å². The van der Waals surface area contributed by atoms with Gasteiger partial charge in [0.15, 0.2) is 11.6 Å². The van der Waals surface area contributed by atoms with Crippen LogP contribution in [0.2, 0.25) is 0 Å². The number of halogens is 2. The number of hydrogen-bond donors (Lipinski definition) is 2. The third kappa shape index (κ3) is 2.24. The van der Waals surface area contributed by atoms with Gasteiger partial charge in [-0.05, 0) is 12.1 Å². The molecule has 0 aliphatic carbocycles. The SMILES string of the molecule is Nc1ccc(F)c(C(=O)Nc2cnccn2)c1F. The number of anilines is 2. The molecule has 1 aromatic carbocycles. The standard InChI is InChI=1S/C11H8F2N4O/c12-6-1-2-7(14)10(13)9(6)11(18)17-8-5-15-3-4-16-8/h1-5H,14H2,(H,16,17,18). The molecule has 0 radical (unpaired) electrons. The fraction of sp³-hybridized carbons (Fsp3) is 0. The molecule has 92 valence electrons. The first-order valence-corrected chi connectivity index (χ1v) is 4.90. The van der Waals surface area contributed by atoms with E-state index in [9.17, 15) is 13.6 Å². The summed E-state index contributed by atoms with van der Waals surface area (Å²) in [5, 5.41) is 2.22. The molecule has 7 heteroatoms. The van der Waals surface area contributed by atoms with Crippen molar-refractivity contribution in [3.63, 3.8) is 0 Å². The van der Waals surface area contributed by atoms with Crippen molar-refractivity contribution in [2.75, 3.05) is 11.1 Å². The Bertz CT molecular complexity index is 589. The molecule has 1 amide bonds. The van der Waals surface area contributed by atoms with E-state index in [1.54, 1.807) is 0 Å². The van der Waals surface area contributed by atoms with Crippen molar-refractivity contribution in [3.05, 3.63) is 47.9 Å². The van der Waals surface area contributed by atoms with Gasteiger partial charge in [0, 0.05) is 12.4 Å². The van der Waals surface area contributed by atoms with Gasteiger partial charge in [-0.1, -0.05) is 0 Å². The van der Waals surface area contributed by atoms with E-state index in [4.69, 9.17) is 5.73 Å². The summed E-state index contributed by atoms with van der Waals surface area (Å²) in [6.45, 7) is 0. The number of nitrogens with two attached hydrogens (primary N) is 1. The zero-order valence-electron chi connectivity index (χ0n) is 9.02. The van der Waals surface area contributed by atoms with Gasteiger partial charge in [0.25, 0.3) is 5.91 Å². The average molecular weight is 250 g/mol. The van der Waals surface area contributed by atoms with E-state index >= 15 is 0 Å². The van der Waals surface area contributed by atoms with Crippen LogP contribution in [0.15, 0.2) is 30.7 Å². The van der Waals surface area contributed by atoms with Crippen LogP contribution < -0.4 is 11.1 Å². The van der Waals surface area contributed by atoms with Gasteiger partial charge < -0.3 is 11.1 Å². The molecule has 5 nitrogen and oxygen atoms in total. The van der Waals surface area contributed by atoms with Crippen molar-refractivity contribution in [3.8, 4) is 0 Å². The molecular formula is C11H8F2N4O. The maximum absolute atomic E-state index is 13.6. The quantitative estimate of drug-likeness (QED) is 0.793. The molecular weight excluding hydrogens is 242 g/mol. The largest absolute Gasteiger partial charge is 0.396 e. The number of carbonyl (C=O) groups excluding carboxylic acids is 1. The summed E-state index contributed by atoms with van der Waals surface area (Å²) in [7, 11) is 0. The Morgan fingerprint density at radius 3 is 2.72 bits per heavy atom. The molecule has 0 aliphatic rings. The minimum atomic E-state index is -1.10. The van der Waals surface area contributed by atoms with E-state index in [2.05, 4.69) is 15.3 Å². The van der Waals surface area contributed by atoms with Crippen LogP contribution in [0.3, 0.4) is 0 Å². The predicted molar refractivity (Wildman–Crippen MR) is 60.8 cm³/mol. The smallest absolute Gasteiger partial charge is 0.262 e. The topological polar surface area (TPSA) is 80.9 Å². The molecule has 0 spiro atoms. The molecule has 2 rings (SSSR count). The molecule has 18 heavy (non-hydrogen) atoms. The summed E-state index contributed by atoms with van der Waals surface area (Å²) in [6.07, 6.45) is 3.99. The van der Waals surface area contributed by atoms with E-state index in [0.717, 1.165) is 12.1 Å². The number of nitrogen functional groups attached to an aromatic ring is 1. The maximum atomic E-state index is 13.6. The minimum Gasteiger partial charge on any atom is -0.396 e. The van der Waals surface area contributed by atoms with Gasteiger partial charge in [0.1, 0.15) is 11.4 Å². The summed E-state index contributed by atoms with van der Waals surface area (Å²) >= 11 is 0. The van der Waals surface area contributed by atoms with Crippen molar-refractivity contribution >= 4 is 17.4 Å². The zero-order chi connectivity index (χ0) is 13.1. The molecule has 0 unspecified atom stereocenters. The number of nitrogens with zero attached hydrogens (tertiary/aromatic N) is 2. The number of aromatic nitrogens is 2. The highest BCUT2D eigenvalue weighted by atomic mass is 19.1. The van der Waals surface area contributed by atoms with E-state index in [-0.39, 0.29) is 11.5 Å². The highest BCUT2D eigenvalue weighted by Gasteiger charge is 2.19. The molecule has 0 bridgehead atoms. The summed E-state index contributed by atoms with van der Waals surface area (Å²) in [4.78, 5) is 19.2. The Kier molecular flexibility index (Phi) is 3.13. The Balaban J connectivity index is 2.33. The van der Waals surface area contributed by atoms with Gasteiger partial charge >= 0.3 is 0 Å². The van der Waals surface area contributed by atoms with Crippen molar-refractivity contribution in [1.82, 2.24) is 9.97 Å². The Morgan fingerprint density at radius 2 is 2.06 bits per heavy atom. The number of rotatable bonds is 2. The van der Waals surface area contributed by atoms with Gasteiger partial charge in [0.05, 0.1) is 11.9 Å². The maximum Gasteiger partial charge on any atom is 0.262 e. The third-order valence-electron chi connectivity index (χ3n) is 2.15. The van der Waals surface area contributed by atoms with Gasteiger partial charge in [-0.3, -0.25) is 9.78 Å². The van der Waals surface area contributed by atoms with Crippen molar-refractivity contribution < 1.29 is 13.6 Å². The highest BCUT2D eigenvalue weighted by molar-refractivity contribution is 6.04. The molecule has 0 saturated heterocycles. The summed E-state index contributed by atoms with van der Waals surface area (Å²) < 4.78 is 26.9. The lowest BCUT2D eigenvalue weighted by molar-refractivity contribution is 0.101. The molecule has 3 N–H and O–H groups in total.